The normalized spacial score (nSPS) is 9.94. The Hall–Kier alpha value is -1.56. The van der Waals surface area contributed by atoms with Crippen molar-refractivity contribution in [1.82, 2.24) is 0 Å². The third-order valence-corrected chi connectivity index (χ3v) is 3.14. The average molecular weight is 317 g/mol. The van der Waals surface area contributed by atoms with Gasteiger partial charge in [0.05, 0.1) is 19.8 Å². The second kappa shape index (κ2) is 6.39. The number of carbonyl (C=O) groups is 2. The van der Waals surface area contributed by atoms with Gasteiger partial charge in [-0.1, -0.05) is 15.9 Å². The van der Waals surface area contributed by atoms with Crippen LogP contribution in [0.15, 0.2) is 10.5 Å². The summed E-state index contributed by atoms with van der Waals surface area (Å²) in [6.07, 6.45) is 0.917. The number of rotatable bonds is 6. The summed E-state index contributed by atoms with van der Waals surface area (Å²) >= 11 is 3.31. The minimum Gasteiger partial charge on any atom is -0.493 e. The number of hydrogen-bond acceptors (Lipinski definition) is 4. The molecule has 0 fully saturated rings. The van der Waals surface area contributed by atoms with Gasteiger partial charge in [-0.15, -0.1) is 0 Å². The summed E-state index contributed by atoms with van der Waals surface area (Å²) in [5, 5.41) is 8.71. The fraction of sp³-hybridized carbons (Fsp3) is 0.333. The summed E-state index contributed by atoms with van der Waals surface area (Å²) in [5.41, 5.74) is 1.02. The van der Waals surface area contributed by atoms with E-state index in [0.717, 1.165) is 0 Å². The lowest BCUT2D eigenvalue weighted by molar-refractivity contribution is -0.136. The summed E-state index contributed by atoms with van der Waals surface area (Å²) in [4.78, 5) is 21.6. The minimum absolute atomic E-state index is 0.0292. The summed E-state index contributed by atoms with van der Waals surface area (Å²) in [6, 6.07) is 1.59. The Morgan fingerprint density at radius 3 is 2.44 bits per heavy atom. The van der Waals surface area contributed by atoms with Crippen molar-refractivity contribution in [3.05, 3.63) is 21.7 Å². The molecule has 1 rings (SSSR count). The van der Waals surface area contributed by atoms with Gasteiger partial charge in [0.1, 0.15) is 0 Å². The molecule has 0 aliphatic rings. The monoisotopic (exact) mass is 316 g/mol. The number of carboxylic acids is 1. The van der Waals surface area contributed by atoms with Gasteiger partial charge in [0.15, 0.2) is 17.8 Å². The predicted molar refractivity (Wildman–Crippen MR) is 68.6 cm³/mol. The molecule has 0 unspecified atom stereocenters. The third kappa shape index (κ3) is 3.01. The van der Waals surface area contributed by atoms with Crippen molar-refractivity contribution in [2.24, 2.45) is 0 Å². The maximum atomic E-state index is 10.9. The molecule has 0 aliphatic carbocycles. The number of hydrogen-bond donors (Lipinski definition) is 1. The Kier molecular flexibility index (Phi) is 5.15. The third-order valence-electron chi connectivity index (χ3n) is 2.44. The lowest BCUT2D eigenvalue weighted by Gasteiger charge is -2.15. The van der Waals surface area contributed by atoms with Gasteiger partial charge in [-0.3, -0.25) is 9.59 Å². The van der Waals surface area contributed by atoms with Gasteiger partial charge in [-0.2, -0.15) is 0 Å². The Morgan fingerprint density at radius 2 is 2.00 bits per heavy atom. The molecule has 1 aromatic rings. The van der Waals surface area contributed by atoms with E-state index in [9.17, 15) is 9.59 Å². The van der Waals surface area contributed by atoms with Gasteiger partial charge in [-0.25, -0.2) is 0 Å². The van der Waals surface area contributed by atoms with E-state index in [4.69, 9.17) is 14.6 Å². The molecule has 1 N–H and O–H groups in total. The summed E-state index contributed by atoms with van der Waals surface area (Å²) in [7, 11) is 2.88. The number of aldehydes is 1. The van der Waals surface area contributed by atoms with Crippen LogP contribution in [-0.2, 0) is 11.2 Å². The SMILES string of the molecule is COc1c(C=O)cc(Br)c(CCC(=O)O)c1OC. The number of halogens is 1. The molecular formula is C12H13BrO5. The van der Waals surface area contributed by atoms with Crippen molar-refractivity contribution in [1.29, 1.82) is 0 Å². The first-order valence-electron chi connectivity index (χ1n) is 5.15. The second-order valence-electron chi connectivity index (χ2n) is 3.50. The highest BCUT2D eigenvalue weighted by molar-refractivity contribution is 9.10. The van der Waals surface area contributed by atoms with Crippen LogP contribution >= 0.6 is 15.9 Å². The van der Waals surface area contributed by atoms with Crippen LogP contribution in [0.4, 0.5) is 0 Å². The molecule has 0 atom stereocenters. The van der Waals surface area contributed by atoms with E-state index in [0.29, 0.717) is 33.4 Å². The topological polar surface area (TPSA) is 72.8 Å². The average Bonchev–Trinajstić information content (AvgIpc) is 2.35. The quantitative estimate of drug-likeness (QED) is 0.815. The number of ether oxygens (including phenoxy) is 2. The van der Waals surface area contributed by atoms with Crippen LogP contribution in [0.2, 0.25) is 0 Å². The largest absolute Gasteiger partial charge is 0.493 e. The Bertz CT molecular complexity index is 470. The van der Waals surface area contributed by atoms with Crippen LogP contribution in [0.1, 0.15) is 22.3 Å². The Balaban J connectivity index is 3.31. The Labute approximate surface area is 113 Å². The minimum atomic E-state index is -0.901. The molecule has 0 radical (unpaired) electrons. The first-order valence-corrected chi connectivity index (χ1v) is 5.94. The first kappa shape index (κ1) is 14.5. The lowest BCUT2D eigenvalue weighted by Crippen LogP contribution is -2.04. The van der Waals surface area contributed by atoms with Crippen LogP contribution in [-0.4, -0.2) is 31.6 Å². The van der Waals surface area contributed by atoms with Crippen molar-refractivity contribution < 1.29 is 24.2 Å². The summed E-state index contributed by atoms with van der Waals surface area (Å²) < 4.78 is 11.0. The van der Waals surface area contributed by atoms with Crippen LogP contribution in [0.5, 0.6) is 11.5 Å². The van der Waals surface area contributed by atoms with Crippen molar-refractivity contribution in [2.75, 3.05) is 14.2 Å². The van der Waals surface area contributed by atoms with Gasteiger partial charge in [0, 0.05) is 16.5 Å². The van der Waals surface area contributed by atoms with Crippen LogP contribution in [0.3, 0.4) is 0 Å². The Morgan fingerprint density at radius 1 is 1.39 bits per heavy atom. The molecule has 0 amide bonds. The molecule has 0 aromatic heterocycles. The van der Waals surface area contributed by atoms with E-state index in [-0.39, 0.29) is 12.8 Å². The zero-order chi connectivity index (χ0) is 13.7. The van der Waals surface area contributed by atoms with Crippen molar-refractivity contribution in [3.63, 3.8) is 0 Å². The molecule has 5 nitrogen and oxygen atoms in total. The van der Waals surface area contributed by atoms with Crippen LogP contribution in [0, 0.1) is 0 Å². The molecule has 0 bridgehead atoms. The molecule has 1 aromatic carbocycles. The smallest absolute Gasteiger partial charge is 0.303 e. The van der Waals surface area contributed by atoms with Gasteiger partial charge >= 0.3 is 5.97 Å². The molecule has 0 spiro atoms. The highest BCUT2D eigenvalue weighted by Gasteiger charge is 2.19. The van der Waals surface area contributed by atoms with Crippen molar-refractivity contribution in [3.8, 4) is 11.5 Å². The number of carbonyl (C=O) groups excluding carboxylic acids is 1. The van der Waals surface area contributed by atoms with E-state index >= 15 is 0 Å². The van der Waals surface area contributed by atoms with Crippen LogP contribution < -0.4 is 9.47 Å². The van der Waals surface area contributed by atoms with Gasteiger partial charge < -0.3 is 14.6 Å². The molecule has 0 aliphatic heterocycles. The van der Waals surface area contributed by atoms with Crippen molar-refractivity contribution >= 4 is 28.2 Å². The maximum absolute atomic E-state index is 10.9. The summed E-state index contributed by atoms with van der Waals surface area (Å²) in [5.74, 6) is -0.200. The fourth-order valence-electron chi connectivity index (χ4n) is 1.64. The number of aliphatic carboxylic acids is 1. The zero-order valence-corrected chi connectivity index (χ0v) is 11.6. The highest BCUT2D eigenvalue weighted by atomic mass is 79.9. The van der Waals surface area contributed by atoms with E-state index in [1.54, 1.807) is 6.07 Å². The molecular weight excluding hydrogens is 304 g/mol. The number of carboxylic acid groups (broad SMARTS) is 1. The molecule has 18 heavy (non-hydrogen) atoms. The van der Waals surface area contributed by atoms with Crippen molar-refractivity contribution in [2.45, 2.75) is 12.8 Å². The molecule has 0 heterocycles. The molecule has 0 saturated carbocycles. The van der Waals surface area contributed by atoms with Crippen LogP contribution in [0.25, 0.3) is 0 Å². The second-order valence-corrected chi connectivity index (χ2v) is 4.36. The molecule has 0 saturated heterocycles. The maximum Gasteiger partial charge on any atom is 0.303 e. The van der Waals surface area contributed by atoms with E-state index < -0.39 is 5.97 Å². The fourth-order valence-corrected chi connectivity index (χ4v) is 2.27. The van der Waals surface area contributed by atoms with Gasteiger partial charge in [0.25, 0.3) is 0 Å². The molecule has 6 heteroatoms. The highest BCUT2D eigenvalue weighted by Crippen LogP contribution is 2.39. The van der Waals surface area contributed by atoms with Gasteiger partial charge in [0.2, 0.25) is 0 Å². The van der Waals surface area contributed by atoms with E-state index in [2.05, 4.69) is 15.9 Å². The lowest BCUT2D eigenvalue weighted by atomic mass is 10.0. The zero-order valence-electron chi connectivity index (χ0n) is 10.0. The van der Waals surface area contributed by atoms with Gasteiger partial charge in [-0.05, 0) is 12.5 Å². The molecule has 98 valence electrons. The van der Waals surface area contributed by atoms with E-state index in [1.807, 2.05) is 0 Å². The standard InChI is InChI=1S/C12H13BrO5/c1-17-11-7(6-14)5-9(13)8(12(11)18-2)3-4-10(15)16/h5-6H,3-4H2,1-2H3,(H,15,16). The van der Waals surface area contributed by atoms with E-state index in [1.165, 1.54) is 14.2 Å². The number of methoxy groups -OCH3 is 2. The first-order chi connectivity index (χ1) is 8.54. The predicted octanol–water partition coefficient (Wildman–Crippen LogP) is 2.30. The number of benzene rings is 1. The summed E-state index contributed by atoms with van der Waals surface area (Å²) in [6.45, 7) is 0.